The SMILES string of the molecule is CC(C)c1ccc(NC(=O)Nc2ccc3c(c2)CCN(C(=O)OC2CCC(CC(=O)O)CC2)C3)cc1. The quantitative estimate of drug-likeness (QED) is 0.459. The zero-order valence-corrected chi connectivity index (χ0v) is 21.0. The maximum absolute atomic E-state index is 12.7. The number of amides is 3. The molecule has 36 heavy (non-hydrogen) atoms. The van der Waals surface area contributed by atoms with Crippen LogP contribution in [-0.2, 0) is 22.5 Å². The number of hydrogen-bond acceptors (Lipinski definition) is 4. The van der Waals surface area contributed by atoms with Crippen LogP contribution in [0.25, 0.3) is 0 Å². The van der Waals surface area contributed by atoms with Crippen molar-refractivity contribution >= 4 is 29.5 Å². The van der Waals surface area contributed by atoms with E-state index in [1.54, 1.807) is 4.90 Å². The molecule has 1 saturated carbocycles. The van der Waals surface area contributed by atoms with Crippen LogP contribution in [0.2, 0.25) is 0 Å². The zero-order valence-electron chi connectivity index (χ0n) is 21.0. The van der Waals surface area contributed by atoms with Gasteiger partial charge in [0.1, 0.15) is 6.10 Å². The molecule has 1 heterocycles. The number of fused-ring (bicyclic) bond motifs is 1. The lowest BCUT2D eigenvalue weighted by atomic mass is 9.85. The van der Waals surface area contributed by atoms with E-state index >= 15 is 0 Å². The molecule has 1 aliphatic carbocycles. The molecule has 0 aromatic heterocycles. The molecule has 0 radical (unpaired) electrons. The second-order valence-corrected chi connectivity index (χ2v) is 10.1. The number of carboxylic acid groups (broad SMARTS) is 1. The molecule has 1 fully saturated rings. The van der Waals surface area contributed by atoms with Gasteiger partial charge in [0.05, 0.1) is 0 Å². The highest BCUT2D eigenvalue weighted by molar-refractivity contribution is 5.99. The first-order chi connectivity index (χ1) is 17.3. The first-order valence-corrected chi connectivity index (χ1v) is 12.7. The summed E-state index contributed by atoms with van der Waals surface area (Å²) < 4.78 is 5.73. The van der Waals surface area contributed by atoms with Crippen molar-refractivity contribution < 1.29 is 24.2 Å². The molecule has 0 saturated heterocycles. The Morgan fingerprint density at radius 2 is 1.64 bits per heavy atom. The number of nitrogens with zero attached hydrogens (tertiary/aromatic N) is 1. The highest BCUT2D eigenvalue weighted by Crippen LogP contribution is 2.30. The third kappa shape index (κ3) is 6.77. The van der Waals surface area contributed by atoms with Crippen molar-refractivity contribution in [1.82, 2.24) is 4.90 Å². The summed E-state index contributed by atoms with van der Waals surface area (Å²) in [5.41, 5.74) is 4.81. The number of hydrogen-bond donors (Lipinski definition) is 3. The van der Waals surface area contributed by atoms with E-state index in [2.05, 4.69) is 24.5 Å². The molecule has 0 unspecified atom stereocenters. The van der Waals surface area contributed by atoms with E-state index in [9.17, 15) is 14.4 Å². The Morgan fingerprint density at radius 3 is 2.31 bits per heavy atom. The smallest absolute Gasteiger partial charge is 0.410 e. The van der Waals surface area contributed by atoms with Crippen molar-refractivity contribution in [1.29, 1.82) is 0 Å². The first-order valence-electron chi connectivity index (χ1n) is 12.7. The Labute approximate surface area is 212 Å². The number of carboxylic acids is 1. The number of carbonyl (C=O) groups is 3. The molecule has 2 aliphatic rings. The van der Waals surface area contributed by atoms with Gasteiger partial charge in [0, 0.05) is 30.9 Å². The largest absolute Gasteiger partial charge is 0.481 e. The molecule has 1 aliphatic heterocycles. The number of anilines is 2. The van der Waals surface area contributed by atoms with Gasteiger partial charge in [-0.3, -0.25) is 4.79 Å². The Balaban J connectivity index is 1.26. The lowest BCUT2D eigenvalue weighted by molar-refractivity contribution is -0.138. The number of rotatable bonds is 6. The lowest BCUT2D eigenvalue weighted by Crippen LogP contribution is -2.39. The number of nitrogens with one attached hydrogen (secondary N) is 2. The highest BCUT2D eigenvalue weighted by atomic mass is 16.6. The third-order valence-electron chi connectivity index (χ3n) is 7.09. The van der Waals surface area contributed by atoms with Crippen molar-refractivity contribution in [3.63, 3.8) is 0 Å². The summed E-state index contributed by atoms with van der Waals surface area (Å²) in [5, 5.41) is 14.7. The fourth-order valence-electron chi connectivity index (χ4n) is 4.95. The van der Waals surface area contributed by atoms with Crippen molar-refractivity contribution in [3.8, 4) is 0 Å². The van der Waals surface area contributed by atoms with Crippen LogP contribution in [0.5, 0.6) is 0 Å². The first kappa shape index (κ1) is 25.5. The molecule has 2 aromatic rings. The molecule has 3 amide bonds. The van der Waals surface area contributed by atoms with E-state index in [1.807, 2.05) is 42.5 Å². The van der Waals surface area contributed by atoms with Gasteiger partial charge in [0.15, 0.2) is 0 Å². The summed E-state index contributed by atoms with van der Waals surface area (Å²) in [4.78, 5) is 37.8. The van der Waals surface area contributed by atoms with E-state index in [0.29, 0.717) is 44.0 Å². The van der Waals surface area contributed by atoms with E-state index in [0.717, 1.165) is 29.7 Å². The predicted molar refractivity (Wildman–Crippen MR) is 138 cm³/mol. The Kier molecular flexibility index (Phi) is 8.13. The molecule has 0 bridgehead atoms. The number of aliphatic carboxylic acids is 1. The summed E-state index contributed by atoms with van der Waals surface area (Å²) in [6.45, 7) is 5.28. The summed E-state index contributed by atoms with van der Waals surface area (Å²) in [7, 11) is 0. The topological polar surface area (TPSA) is 108 Å². The van der Waals surface area contributed by atoms with Gasteiger partial charge in [0.25, 0.3) is 0 Å². The molecule has 8 heteroatoms. The minimum atomic E-state index is -0.766. The molecule has 3 N–H and O–H groups in total. The second-order valence-electron chi connectivity index (χ2n) is 10.1. The third-order valence-corrected chi connectivity index (χ3v) is 7.09. The Morgan fingerprint density at radius 1 is 0.972 bits per heavy atom. The highest BCUT2D eigenvalue weighted by Gasteiger charge is 2.28. The van der Waals surface area contributed by atoms with E-state index < -0.39 is 5.97 Å². The van der Waals surface area contributed by atoms with Crippen molar-refractivity contribution in [3.05, 3.63) is 59.2 Å². The van der Waals surface area contributed by atoms with Crippen LogP contribution in [0.15, 0.2) is 42.5 Å². The lowest BCUT2D eigenvalue weighted by Gasteiger charge is -2.32. The molecular formula is C28H35N3O5. The van der Waals surface area contributed by atoms with Crippen LogP contribution in [0.1, 0.15) is 68.6 Å². The van der Waals surface area contributed by atoms with Crippen LogP contribution < -0.4 is 10.6 Å². The zero-order chi connectivity index (χ0) is 25.7. The number of carbonyl (C=O) groups excluding carboxylic acids is 2. The molecule has 4 rings (SSSR count). The molecule has 0 atom stereocenters. The molecule has 8 nitrogen and oxygen atoms in total. The summed E-state index contributed by atoms with van der Waals surface area (Å²) in [6, 6.07) is 13.3. The van der Waals surface area contributed by atoms with Crippen LogP contribution in [-0.4, -0.2) is 40.7 Å². The fraction of sp³-hybridized carbons (Fsp3) is 0.464. The molecule has 0 spiro atoms. The van der Waals surface area contributed by atoms with E-state index in [1.165, 1.54) is 5.56 Å². The van der Waals surface area contributed by atoms with Gasteiger partial charge in [0.2, 0.25) is 0 Å². The van der Waals surface area contributed by atoms with Gasteiger partial charge < -0.3 is 25.4 Å². The van der Waals surface area contributed by atoms with Crippen molar-refractivity contribution in [2.75, 3.05) is 17.2 Å². The minimum Gasteiger partial charge on any atom is -0.481 e. The summed E-state index contributed by atoms with van der Waals surface area (Å²) in [5.74, 6) is -0.154. The van der Waals surface area contributed by atoms with Crippen LogP contribution >= 0.6 is 0 Å². The molecule has 192 valence electrons. The normalized spacial score (nSPS) is 19.4. The fourth-order valence-corrected chi connectivity index (χ4v) is 4.95. The predicted octanol–water partition coefficient (Wildman–Crippen LogP) is 5.98. The molecule has 2 aromatic carbocycles. The maximum atomic E-state index is 12.7. The van der Waals surface area contributed by atoms with Crippen molar-refractivity contribution in [2.24, 2.45) is 5.92 Å². The van der Waals surface area contributed by atoms with Gasteiger partial charge in [-0.15, -0.1) is 0 Å². The van der Waals surface area contributed by atoms with Crippen LogP contribution in [0, 0.1) is 5.92 Å². The number of urea groups is 1. The van der Waals surface area contributed by atoms with Gasteiger partial charge in [-0.2, -0.15) is 0 Å². The number of ether oxygens (including phenoxy) is 1. The average molecular weight is 494 g/mol. The molecular weight excluding hydrogens is 458 g/mol. The minimum absolute atomic E-state index is 0.143. The maximum Gasteiger partial charge on any atom is 0.410 e. The second kappa shape index (κ2) is 11.5. The van der Waals surface area contributed by atoms with Gasteiger partial charge in [-0.25, -0.2) is 9.59 Å². The van der Waals surface area contributed by atoms with Gasteiger partial charge >= 0.3 is 18.1 Å². The van der Waals surface area contributed by atoms with Gasteiger partial charge in [-0.1, -0.05) is 32.0 Å². The van der Waals surface area contributed by atoms with E-state index in [4.69, 9.17) is 9.84 Å². The van der Waals surface area contributed by atoms with E-state index in [-0.39, 0.29) is 30.6 Å². The number of benzene rings is 2. The van der Waals surface area contributed by atoms with Crippen LogP contribution in [0.3, 0.4) is 0 Å². The Hall–Kier alpha value is -3.55. The van der Waals surface area contributed by atoms with Crippen molar-refractivity contribution in [2.45, 2.75) is 70.9 Å². The monoisotopic (exact) mass is 493 g/mol. The summed E-state index contributed by atoms with van der Waals surface area (Å²) in [6.07, 6.45) is 3.40. The average Bonchev–Trinajstić information content (AvgIpc) is 2.85. The van der Waals surface area contributed by atoms with Crippen LogP contribution in [0.4, 0.5) is 21.0 Å². The Bertz CT molecular complexity index is 1090. The van der Waals surface area contributed by atoms with Gasteiger partial charge in [-0.05, 0) is 84.9 Å². The summed E-state index contributed by atoms with van der Waals surface area (Å²) >= 11 is 0. The standard InChI is InChI=1S/C28H35N3O5/c1-18(2)20-5-8-23(9-6-20)29-27(34)30-24-10-7-22-17-31(14-13-21(22)16-24)28(35)36-25-11-3-19(4-12-25)15-26(32)33/h5-10,16,18-19,25H,3-4,11-15,17H2,1-2H3,(H,32,33)(H2,29,30,34).